The molecule has 1 amide bonds. The van der Waals surface area contributed by atoms with Gasteiger partial charge in [-0.1, -0.05) is 12.1 Å². The standard InChI is InChI=1S/C19H23N3O3/c1-13-9-17(23)15(11-20-13)19(24)21-10-14-7-8-22(12-14)16-5-3-4-6-18(16)25-2/h3-6,9,11,14H,7-8,10,12H2,1-2H3,(H,20,23)(H,21,24)/t14-/m1/s1. The van der Waals surface area contributed by atoms with E-state index >= 15 is 0 Å². The number of carbonyl (C=O) groups excluding carboxylic acids is 1. The van der Waals surface area contributed by atoms with Gasteiger partial charge in [-0.05, 0) is 31.4 Å². The molecule has 0 aliphatic carbocycles. The lowest BCUT2D eigenvalue weighted by molar-refractivity contribution is 0.0947. The number of nitrogens with zero attached hydrogens (tertiary/aromatic N) is 1. The highest BCUT2D eigenvalue weighted by molar-refractivity contribution is 5.93. The first kappa shape index (κ1) is 17.1. The second-order valence-electron chi connectivity index (χ2n) is 6.38. The number of rotatable bonds is 5. The summed E-state index contributed by atoms with van der Waals surface area (Å²) in [5.74, 6) is 0.883. The summed E-state index contributed by atoms with van der Waals surface area (Å²) in [6.45, 7) is 4.11. The van der Waals surface area contributed by atoms with Crippen molar-refractivity contribution >= 4 is 11.6 Å². The zero-order chi connectivity index (χ0) is 17.8. The summed E-state index contributed by atoms with van der Waals surface area (Å²) < 4.78 is 5.42. The number of hydrogen-bond acceptors (Lipinski definition) is 4. The zero-order valence-corrected chi connectivity index (χ0v) is 14.5. The summed E-state index contributed by atoms with van der Waals surface area (Å²) >= 11 is 0. The topological polar surface area (TPSA) is 74.4 Å². The van der Waals surface area contributed by atoms with Crippen molar-refractivity contribution in [1.82, 2.24) is 10.3 Å². The number of nitrogens with one attached hydrogen (secondary N) is 2. The van der Waals surface area contributed by atoms with Crippen molar-refractivity contribution < 1.29 is 9.53 Å². The second-order valence-corrected chi connectivity index (χ2v) is 6.38. The largest absolute Gasteiger partial charge is 0.495 e. The van der Waals surface area contributed by atoms with Gasteiger partial charge in [0.25, 0.3) is 5.91 Å². The van der Waals surface area contributed by atoms with Crippen LogP contribution in [0.25, 0.3) is 0 Å². The average molecular weight is 341 g/mol. The molecule has 0 saturated carbocycles. The van der Waals surface area contributed by atoms with E-state index in [0.717, 1.165) is 36.6 Å². The Balaban J connectivity index is 1.58. The number of para-hydroxylation sites is 2. The van der Waals surface area contributed by atoms with Crippen LogP contribution in [0.15, 0.2) is 41.3 Å². The predicted octanol–water partition coefficient (Wildman–Crippen LogP) is 1.95. The molecule has 1 aliphatic rings. The summed E-state index contributed by atoms with van der Waals surface area (Å²) in [6, 6.07) is 9.39. The predicted molar refractivity (Wildman–Crippen MR) is 97.4 cm³/mol. The Bertz CT molecular complexity index is 816. The first-order chi connectivity index (χ1) is 12.1. The fraction of sp³-hybridized carbons (Fsp3) is 0.368. The van der Waals surface area contributed by atoms with Crippen molar-refractivity contribution in [2.24, 2.45) is 5.92 Å². The SMILES string of the molecule is COc1ccccc1N1CC[C@H](CNC(=O)c2c[nH]c(C)cc2=O)C1. The third-order valence-electron chi connectivity index (χ3n) is 4.56. The number of pyridine rings is 1. The van der Waals surface area contributed by atoms with E-state index in [2.05, 4.69) is 15.2 Å². The van der Waals surface area contributed by atoms with Crippen molar-refractivity contribution in [3.63, 3.8) is 0 Å². The molecule has 1 aliphatic heterocycles. The van der Waals surface area contributed by atoms with Crippen LogP contribution in [0.4, 0.5) is 5.69 Å². The van der Waals surface area contributed by atoms with Crippen LogP contribution in [0, 0.1) is 12.8 Å². The maximum absolute atomic E-state index is 12.2. The molecule has 2 aromatic rings. The van der Waals surface area contributed by atoms with Crippen LogP contribution in [-0.2, 0) is 0 Å². The third kappa shape index (κ3) is 3.84. The number of hydrogen-bond donors (Lipinski definition) is 2. The number of anilines is 1. The van der Waals surface area contributed by atoms with Crippen LogP contribution in [0.1, 0.15) is 22.5 Å². The van der Waals surface area contributed by atoms with Crippen LogP contribution in [0.3, 0.4) is 0 Å². The quantitative estimate of drug-likeness (QED) is 0.872. The molecule has 3 rings (SSSR count). The minimum Gasteiger partial charge on any atom is -0.495 e. The van der Waals surface area contributed by atoms with Gasteiger partial charge in [-0.25, -0.2) is 0 Å². The minimum atomic E-state index is -0.322. The molecule has 6 heteroatoms. The lowest BCUT2D eigenvalue weighted by Crippen LogP contribution is -2.33. The Morgan fingerprint density at radius 1 is 1.40 bits per heavy atom. The highest BCUT2D eigenvalue weighted by Crippen LogP contribution is 2.31. The molecule has 1 aromatic heterocycles. The molecule has 0 radical (unpaired) electrons. The Kier molecular flexibility index (Phi) is 5.07. The van der Waals surface area contributed by atoms with E-state index in [0.29, 0.717) is 12.5 Å². The van der Waals surface area contributed by atoms with Crippen LogP contribution in [-0.4, -0.2) is 37.6 Å². The molecule has 0 spiro atoms. The van der Waals surface area contributed by atoms with Crippen LogP contribution >= 0.6 is 0 Å². The molecule has 0 bridgehead atoms. The maximum atomic E-state index is 12.2. The van der Waals surface area contributed by atoms with Gasteiger partial charge in [0, 0.05) is 37.6 Å². The van der Waals surface area contributed by atoms with Gasteiger partial charge in [0.2, 0.25) is 0 Å². The van der Waals surface area contributed by atoms with Crippen LogP contribution in [0.2, 0.25) is 0 Å². The van der Waals surface area contributed by atoms with E-state index in [9.17, 15) is 9.59 Å². The summed E-state index contributed by atoms with van der Waals surface area (Å²) in [6.07, 6.45) is 2.46. The van der Waals surface area contributed by atoms with Crippen molar-refractivity contribution in [2.75, 3.05) is 31.6 Å². The van der Waals surface area contributed by atoms with Gasteiger partial charge >= 0.3 is 0 Å². The van der Waals surface area contributed by atoms with E-state index < -0.39 is 0 Å². The number of ether oxygens (including phenoxy) is 1. The van der Waals surface area contributed by atoms with Gasteiger partial charge in [0.1, 0.15) is 11.3 Å². The fourth-order valence-electron chi connectivity index (χ4n) is 3.19. The molecule has 25 heavy (non-hydrogen) atoms. The Morgan fingerprint density at radius 3 is 2.96 bits per heavy atom. The Hall–Kier alpha value is -2.76. The second kappa shape index (κ2) is 7.42. The molecular formula is C19H23N3O3. The monoisotopic (exact) mass is 341 g/mol. The minimum absolute atomic E-state index is 0.158. The van der Waals surface area contributed by atoms with Crippen molar-refractivity contribution in [1.29, 1.82) is 0 Å². The Labute approximate surface area is 146 Å². The molecule has 1 saturated heterocycles. The van der Waals surface area contributed by atoms with Crippen LogP contribution < -0.4 is 20.4 Å². The summed E-state index contributed by atoms with van der Waals surface area (Å²) in [5, 5.41) is 2.88. The first-order valence-corrected chi connectivity index (χ1v) is 8.44. The van der Waals surface area contributed by atoms with Gasteiger partial charge in [0.15, 0.2) is 5.43 Å². The number of aromatic nitrogens is 1. The molecular weight excluding hydrogens is 318 g/mol. The first-order valence-electron chi connectivity index (χ1n) is 8.44. The molecule has 1 atom stereocenters. The number of aromatic amines is 1. The lowest BCUT2D eigenvalue weighted by Gasteiger charge is -2.21. The Morgan fingerprint density at radius 2 is 2.20 bits per heavy atom. The van der Waals surface area contributed by atoms with E-state index in [-0.39, 0.29) is 16.9 Å². The molecule has 132 valence electrons. The molecule has 1 fully saturated rings. The summed E-state index contributed by atoms with van der Waals surface area (Å²) in [5.41, 5.74) is 1.72. The van der Waals surface area contributed by atoms with E-state index in [1.165, 1.54) is 12.3 Å². The number of methoxy groups -OCH3 is 1. The molecule has 6 nitrogen and oxygen atoms in total. The maximum Gasteiger partial charge on any atom is 0.256 e. The van der Waals surface area contributed by atoms with Gasteiger partial charge in [-0.3, -0.25) is 9.59 Å². The number of aryl methyl sites for hydroxylation is 1. The fourth-order valence-corrected chi connectivity index (χ4v) is 3.19. The van der Waals surface area contributed by atoms with Gasteiger partial charge in [-0.15, -0.1) is 0 Å². The van der Waals surface area contributed by atoms with Gasteiger partial charge in [-0.2, -0.15) is 0 Å². The third-order valence-corrected chi connectivity index (χ3v) is 4.56. The number of benzene rings is 1. The molecule has 0 unspecified atom stereocenters. The number of carbonyl (C=O) groups is 1. The van der Waals surface area contributed by atoms with Gasteiger partial charge in [0.05, 0.1) is 12.8 Å². The van der Waals surface area contributed by atoms with Gasteiger partial charge < -0.3 is 19.9 Å². The van der Waals surface area contributed by atoms with Crippen molar-refractivity contribution in [3.8, 4) is 5.75 Å². The van der Waals surface area contributed by atoms with E-state index in [1.807, 2.05) is 24.3 Å². The number of H-pyrrole nitrogens is 1. The van der Waals surface area contributed by atoms with E-state index in [4.69, 9.17) is 4.74 Å². The summed E-state index contributed by atoms with van der Waals surface area (Å²) in [7, 11) is 1.67. The zero-order valence-electron chi connectivity index (χ0n) is 14.5. The highest BCUT2D eigenvalue weighted by atomic mass is 16.5. The van der Waals surface area contributed by atoms with Crippen LogP contribution in [0.5, 0.6) is 5.75 Å². The summed E-state index contributed by atoms with van der Waals surface area (Å²) in [4.78, 5) is 29.3. The highest BCUT2D eigenvalue weighted by Gasteiger charge is 2.25. The molecule has 1 aromatic carbocycles. The smallest absolute Gasteiger partial charge is 0.256 e. The average Bonchev–Trinajstić information content (AvgIpc) is 3.08. The van der Waals surface area contributed by atoms with Crippen molar-refractivity contribution in [2.45, 2.75) is 13.3 Å². The van der Waals surface area contributed by atoms with Crippen molar-refractivity contribution in [3.05, 3.63) is 58.0 Å². The van der Waals surface area contributed by atoms with E-state index in [1.54, 1.807) is 14.0 Å². The lowest BCUT2D eigenvalue weighted by atomic mass is 10.1. The number of amides is 1. The normalized spacial score (nSPS) is 16.7. The molecule has 2 N–H and O–H groups in total. The molecule has 2 heterocycles.